The highest BCUT2D eigenvalue weighted by molar-refractivity contribution is 6.35. The van der Waals surface area contributed by atoms with Gasteiger partial charge in [-0.2, -0.15) is 17.9 Å². The molecule has 9 heteroatoms. The van der Waals surface area contributed by atoms with E-state index in [2.05, 4.69) is 15.5 Å². The van der Waals surface area contributed by atoms with Crippen LogP contribution in [0.3, 0.4) is 0 Å². The second-order valence-corrected chi connectivity index (χ2v) is 5.46. The minimum atomic E-state index is -4.54. The number of aromatic nitrogens is 4. The van der Waals surface area contributed by atoms with E-state index < -0.39 is 11.7 Å². The van der Waals surface area contributed by atoms with Gasteiger partial charge in [-0.05, 0) is 40.8 Å². The van der Waals surface area contributed by atoms with Crippen molar-refractivity contribution in [3.63, 3.8) is 0 Å². The highest BCUT2D eigenvalue weighted by Crippen LogP contribution is 2.35. The SMILES string of the molecule is FC(F)(F)c1ccccc1-n1nnnc1-c1cc(Cl)cc(Cl)c1. The molecule has 0 amide bonds. The Morgan fingerprint density at radius 3 is 2.26 bits per heavy atom. The third kappa shape index (κ3) is 3.16. The lowest BCUT2D eigenvalue weighted by Gasteiger charge is -2.13. The smallest absolute Gasteiger partial charge is 0.192 e. The molecule has 0 fully saturated rings. The van der Waals surface area contributed by atoms with Gasteiger partial charge in [-0.3, -0.25) is 0 Å². The summed E-state index contributed by atoms with van der Waals surface area (Å²) in [7, 11) is 0. The molecular weight excluding hydrogens is 352 g/mol. The first kappa shape index (κ1) is 15.8. The largest absolute Gasteiger partial charge is 0.418 e. The van der Waals surface area contributed by atoms with Crippen LogP contribution in [0.1, 0.15) is 5.56 Å². The summed E-state index contributed by atoms with van der Waals surface area (Å²) in [5, 5.41) is 11.6. The Balaban J connectivity index is 2.20. The van der Waals surface area contributed by atoms with Crippen molar-refractivity contribution in [3.05, 3.63) is 58.1 Å². The number of alkyl halides is 3. The molecule has 0 spiro atoms. The van der Waals surface area contributed by atoms with Gasteiger partial charge in [-0.1, -0.05) is 35.3 Å². The summed E-state index contributed by atoms with van der Waals surface area (Å²) in [5.74, 6) is 0.103. The Morgan fingerprint density at radius 2 is 1.61 bits per heavy atom. The molecule has 0 N–H and O–H groups in total. The fraction of sp³-hybridized carbons (Fsp3) is 0.0714. The number of tetrazole rings is 1. The summed E-state index contributed by atoms with van der Waals surface area (Å²) >= 11 is 11.9. The minimum absolute atomic E-state index is 0.103. The average Bonchev–Trinajstić information content (AvgIpc) is 2.94. The molecule has 0 bridgehead atoms. The van der Waals surface area contributed by atoms with Crippen molar-refractivity contribution in [1.29, 1.82) is 0 Å². The predicted molar refractivity (Wildman–Crippen MR) is 79.6 cm³/mol. The average molecular weight is 359 g/mol. The molecule has 1 heterocycles. The zero-order valence-electron chi connectivity index (χ0n) is 11.2. The second-order valence-electron chi connectivity index (χ2n) is 4.59. The molecule has 0 saturated carbocycles. The molecule has 0 aliphatic carbocycles. The first-order valence-electron chi connectivity index (χ1n) is 6.28. The molecule has 1 aromatic heterocycles. The van der Waals surface area contributed by atoms with E-state index in [4.69, 9.17) is 23.2 Å². The van der Waals surface area contributed by atoms with Gasteiger partial charge in [0.25, 0.3) is 0 Å². The monoisotopic (exact) mass is 358 g/mol. The topological polar surface area (TPSA) is 43.6 Å². The molecule has 3 rings (SSSR count). The van der Waals surface area contributed by atoms with E-state index >= 15 is 0 Å². The highest BCUT2D eigenvalue weighted by atomic mass is 35.5. The van der Waals surface area contributed by atoms with Crippen LogP contribution in [0.25, 0.3) is 17.1 Å². The van der Waals surface area contributed by atoms with Gasteiger partial charge in [0.05, 0.1) is 11.3 Å². The van der Waals surface area contributed by atoms with Crippen molar-refractivity contribution in [3.8, 4) is 17.1 Å². The van der Waals surface area contributed by atoms with Crippen molar-refractivity contribution in [2.24, 2.45) is 0 Å². The quantitative estimate of drug-likeness (QED) is 0.669. The lowest BCUT2D eigenvalue weighted by molar-refractivity contribution is -0.137. The Kier molecular flexibility index (Phi) is 3.99. The fourth-order valence-electron chi connectivity index (χ4n) is 2.11. The molecule has 0 aliphatic rings. The summed E-state index contributed by atoms with van der Waals surface area (Å²) < 4.78 is 40.5. The highest BCUT2D eigenvalue weighted by Gasteiger charge is 2.34. The van der Waals surface area contributed by atoms with Crippen LogP contribution in [0.2, 0.25) is 10.0 Å². The van der Waals surface area contributed by atoms with Gasteiger partial charge in [0.15, 0.2) is 5.82 Å². The maximum absolute atomic E-state index is 13.2. The van der Waals surface area contributed by atoms with Crippen LogP contribution in [-0.2, 0) is 6.18 Å². The van der Waals surface area contributed by atoms with E-state index in [1.807, 2.05) is 0 Å². The summed E-state index contributed by atoms with van der Waals surface area (Å²) in [6, 6.07) is 9.57. The molecule has 0 aliphatic heterocycles. The molecule has 23 heavy (non-hydrogen) atoms. The van der Waals surface area contributed by atoms with Crippen molar-refractivity contribution in [1.82, 2.24) is 20.2 Å². The fourth-order valence-corrected chi connectivity index (χ4v) is 2.64. The number of hydrogen-bond acceptors (Lipinski definition) is 3. The normalized spacial score (nSPS) is 11.7. The second kappa shape index (κ2) is 5.82. The Morgan fingerprint density at radius 1 is 0.957 bits per heavy atom. The number of nitrogens with zero attached hydrogens (tertiary/aromatic N) is 4. The van der Waals surface area contributed by atoms with Gasteiger partial charge >= 0.3 is 6.18 Å². The molecular formula is C14H7Cl2F3N4. The number of para-hydroxylation sites is 1. The van der Waals surface area contributed by atoms with Crippen LogP contribution in [0.15, 0.2) is 42.5 Å². The lowest BCUT2D eigenvalue weighted by atomic mass is 10.1. The van der Waals surface area contributed by atoms with Gasteiger partial charge in [-0.25, -0.2) is 0 Å². The summed E-state index contributed by atoms with van der Waals surface area (Å²) in [4.78, 5) is 0. The predicted octanol–water partition coefficient (Wildman–Crippen LogP) is 4.65. The third-order valence-corrected chi connectivity index (χ3v) is 3.46. The van der Waals surface area contributed by atoms with Crippen molar-refractivity contribution in [2.75, 3.05) is 0 Å². The Bertz CT molecular complexity index is 841. The molecule has 2 aromatic carbocycles. The molecule has 118 valence electrons. The maximum atomic E-state index is 13.2. The summed E-state index contributed by atoms with van der Waals surface area (Å²) in [6.07, 6.45) is -4.54. The first-order chi connectivity index (χ1) is 10.9. The van der Waals surface area contributed by atoms with Gasteiger partial charge in [-0.15, -0.1) is 5.10 Å². The van der Waals surface area contributed by atoms with Crippen LogP contribution >= 0.6 is 23.2 Å². The van der Waals surface area contributed by atoms with Crippen LogP contribution < -0.4 is 0 Å². The molecule has 0 unspecified atom stereocenters. The van der Waals surface area contributed by atoms with Crippen LogP contribution in [-0.4, -0.2) is 20.2 Å². The summed E-state index contributed by atoms with van der Waals surface area (Å²) in [5.41, 5.74) is -0.623. The minimum Gasteiger partial charge on any atom is -0.192 e. The van der Waals surface area contributed by atoms with E-state index in [9.17, 15) is 13.2 Å². The van der Waals surface area contributed by atoms with Crippen molar-refractivity contribution in [2.45, 2.75) is 6.18 Å². The van der Waals surface area contributed by atoms with E-state index in [0.29, 0.717) is 15.6 Å². The van der Waals surface area contributed by atoms with E-state index in [-0.39, 0.29) is 11.5 Å². The number of rotatable bonds is 2. The third-order valence-electron chi connectivity index (χ3n) is 3.03. The van der Waals surface area contributed by atoms with Crippen molar-refractivity contribution < 1.29 is 13.2 Å². The molecule has 4 nitrogen and oxygen atoms in total. The van der Waals surface area contributed by atoms with Crippen LogP contribution in [0.4, 0.5) is 13.2 Å². The van der Waals surface area contributed by atoms with E-state index in [0.717, 1.165) is 10.7 Å². The van der Waals surface area contributed by atoms with E-state index in [1.165, 1.54) is 36.4 Å². The van der Waals surface area contributed by atoms with Crippen LogP contribution in [0, 0.1) is 0 Å². The molecule has 0 atom stereocenters. The summed E-state index contributed by atoms with van der Waals surface area (Å²) in [6.45, 7) is 0. The van der Waals surface area contributed by atoms with Gasteiger partial charge in [0.2, 0.25) is 0 Å². The number of halogens is 5. The van der Waals surface area contributed by atoms with Crippen molar-refractivity contribution >= 4 is 23.2 Å². The zero-order chi connectivity index (χ0) is 16.6. The van der Waals surface area contributed by atoms with Crippen LogP contribution in [0.5, 0.6) is 0 Å². The number of benzene rings is 2. The maximum Gasteiger partial charge on any atom is 0.418 e. The zero-order valence-corrected chi connectivity index (χ0v) is 12.7. The number of hydrogen-bond donors (Lipinski definition) is 0. The standard InChI is InChI=1S/C14H7Cl2F3N4/c15-9-5-8(6-10(16)7-9)13-20-21-22-23(13)12-4-2-1-3-11(12)14(17,18)19/h1-7H. The Labute approximate surface area is 138 Å². The first-order valence-corrected chi connectivity index (χ1v) is 7.03. The van der Waals surface area contributed by atoms with E-state index in [1.54, 1.807) is 0 Å². The lowest BCUT2D eigenvalue weighted by Crippen LogP contribution is -2.12. The molecule has 0 radical (unpaired) electrons. The molecule has 0 saturated heterocycles. The van der Waals surface area contributed by atoms with Gasteiger partial charge in [0, 0.05) is 15.6 Å². The Hall–Kier alpha value is -2.12. The molecule has 3 aromatic rings. The van der Waals surface area contributed by atoms with Gasteiger partial charge < -0.3 is 0 Å². The van der Waals surface area contributed by atoms with Gasteiger partial charge in [0.1, 0.15) is 0 Å².